The number of nitro groups is 1. The zero-order valence-electron chi connectivity index (χ0n) is 16.5. The first kappa shape index (κ1) is 22.5. The summed E-state index contributed by atoms with van der Waals surface area (Å²) in [5, 5.41) is 13.0. The van der Waals surface area contributed by atoms with Crippen LogP contribution in [0.25, 0.3) is 0 Å². The molecule has 0 saturated carbocycles. The van der Waals surface area contributed by atoms with E-state index < -0.39 is 35.7 Å². The minimum absolute atomic E-state index is 0.146. The zero-order chi connectivity index (χ0) is 21.9. The summed E-state index contributed by atoms with van der Waals surface area (Å²) in [5.41, 5.74) is 0.387. The van der Waals surface area contributed by atoms with Gasteiger partial charge in [0.05, 0.1) is 11.5 Å². The largest absolute Gasteiger partial charge is 0.494 e. The number of hydrogen-bond acceptors (Lipinski definition) is 7. The molecule has 1 amide bonds. The number of rotatable bonds is 11. The lowest BCUT2D eigenvalue weighted by Crippen LogP contribution is -2.31. The van der Waals surface area contributed by atoms with Gasteiger partial charge in [-0.05, 0) is 42.8 Å². The van der Waals surface area contributed by atoms with E-state index in [0.29, 0.717) is 17.9 Å². The number of esters is 1. The number of nitrogens with one attached hydrogen (secondary N) is 1. The Morgan fingerprint density at radius 2 is 1.63 bits per heavy atom. The van der Waals surface area contributed by atoms with Gasteiger partial charge >= 0.3 is 5.97 Å². The number of nitro benzene ring substituents is 1. The van der Waals surface area contributed by atoms with Crippen LogP contribution in [0, 0.1) is 10.1 Å². The van der Waals surface area contributed by atoms with Crippen LogP contribution < -0.4 is 10.1 Å². The molecule has 0 fully saturated rings. The molecular formula is C21H22N2O7. The number of non-ortho nitro benzene ring substituents is 1. The molecule has 0 aliphatic rings. The van der Waals surface area contributed by atoms with Crippen LogP contribution in [0.2, 0.25) is 0 Å². The Balaban J connectivity index is 1.75. The van der Waals surface area contributed by atoms with Crippen LogP contribution in [-0.4, -0.2) is 42.3 Å². The monoisotopic (exact) mass is 414 g/mol. The predicted octanol–water partition coefficient (Wildman–Crippen LogP) is 2.93. The van der Waals surface area contributed by atoms with Gasteiger partial charge in [-0.3, -0.25) is 24.5 Å². The Morgan fingerprint density at radius 1 is 1.00 bits per heavy atom. The molecule has 0 saturated heterocycles. The number of ketones is 1. The van der Waals surface area contributed by atoms with Crippen LogP contribution in [0.15, 0.2) is 48.5 Å². The fourth-order valence-electron chi connectivity index (χ4n) is 2.34. The van der Waals surface area contributed by atoms with Crippen molar-refractivity contribution >= 4 is 23.3 Å². The van der Waals surface area contributed by atoms with Crippen LogP contribution in [0.4, 0.5) is 5.69 Å². The SMILES string of the molecule is CCCCOc1ccc(C(=O)NCC(=O)OCC(=O)c2ccc([N+](=O)[O-])cc2)cc1. The van der Waals surface area contributed by atoms with E-state index in [0.717, 1.165) is 12.8 Å². The van der Waals surface area contributed by atoms with Crippen molar-refractivity contribution in [3.8, 4) is 5.75 Å². The summed E-state index contributed by atoms with van der Waals surface area (Å²) in [6.07, 6.45) is 1.97. The molecule has 30 heavy (non-hydrogen) atoms. The van der Waals surface area contributed by atoms with Crippen LogP contribution in [-0.2, 0) is 9.53 Å². The summed E-state index contributed by atoms with van der Waals surface area (Å²) < 4.78 is 10.4. The first-order valence-corrected chi connectivity index (χ1v) is 9.35. The zero-order valence-corrected chi connectivity index (χ0v) is 16.5. The number of nitrogens with zero attached hydrogens (tertiary/aromatic N) is 1. The van der Waals surface area contributed by atoms with Crippen molar-refractivity contribution in [3.63, 3.8) is 0 Å². The molecule has 0 aliphatic heterocycles. The third-order valence-electron chi connectivity index (χ3n) is 4.04. The van der Waals surface area contributed by atoms with Gasteiger partial charge in [0.15, 0.2) is 12.4 Å². The van der Waals surface area contributed by atoms with E-state index in [1.165, 1.54) is 24.3 Å². The number of carbonyl (C=O) groups is 3. The topological polar surface area (TPSA) is 125 Å². The van der Waals surface area contributed by atoms with E-state index in [-0.39, 0.29) is 11.3 Å². The summed E-state index contributed by atoms with van der Waals surface area (Å²) in [5.74, 6) is -1.10. The first-order valence-electron chi connectivity index (χ1n) is 9.35. The van der Waals surface area contributed by atoms with Crippen molar-refractivity contribution in [2.24, 2.45) is 0 Å². The van der Waals surface area contributed by atoms with E-state index in [1.54, 1.807) is 24.3 Å². The Hall–Kier alpha value is -3.75. The van der Waals surface area contributed by atoms with Gasteiger partial charge in [-0.15, -0.1) is 0 Å². The quantitative estimate of drug-likeness (QED) is 0.197. The fraction of sp³-hybridized carbons (Fsp3) is 0.286. The lowest BCUT2D eigenvalue weighted by atomic mass is 10.1. The highest BCUT2D eigenvalue weighted by atomic mass is 16.6. The predicted molar refractivity (Wildman–Crippen MR) is 108 cm³/mol. The van der Waals surface area contributed by atoms with Crippen molar-refractivity contribution in [1.82, 2.24) is 5.32 Å². The second-order valence-corrected chi connectivity index (χ2v) is 6.30. The summed E-state index contributed by atoms with van der Waals surface area (Å²) in [4.78, 5) is 45.8. The summed E-state index contributed by atoms with van der Waals surface area (Å²) in [6, 6.07) is 11.5. The second kappa shape index (κ2) is 11.3. The number of amides is 1. The minimum atomic E-state index is -0.780. The Kier molecular flexibility index (Phi) is 8.49. The highest BCUT2D eigenvalue weighted by Crippen LogP contribution is 2.13. The van der Waals surface area contributed by atoms with Gasteiger partial charge in [0.1, 0.15) is 12.3 Å². The molecule has 9 nitrogen and oxygen atoms in total. The number of carbonyl (C=O) groups excluding carboxylic acids is 3. The van der Waals surface area contributed by atoms with E-state index in [2.05, 4.69) is 12.2 Å². The Bertz CT molecular complexity index is 893. The molecule has 0 radical (unpaired) electrons. The highest BCUT2D eigenvalue weighted by Gasteiger charge is 2.13. The maximum absolute atomic E-state index is 12.1. The molecular weight excluding hydrogens is 392 g/mol. The van der Waals surface area contributed by atoms with Crippen molar-refractivity contribution < 1.29 is 28.8 Å². The van der Waals surface area contributed by atoms with E-state index in [4.69, 9.17) is 9.47 Å². The summed E-state index contributed by atoms with van der Waals surface area (Å²) in [7, 11) is 0. The maximum atomic E-state index is 12.1. The number of Topliss-reactive ketones (excluding diaryl/α,β-unsaturated/α-hetero) is 1. The van der Waals surface area contributed by atoms with Crippen LogP contribution >= 0.6 is 0 Å². The maximum Gasteiger partial charge on any atom is 0.325 e. The lowest BCUT2D eigenvalue weighted by Gasteiger charge is -2.08. The van der Waals surface area contributed by atoms with Crippen LogP contribution in [0.5, 0.6) is 5.75 Å². The third kappa shape index (κ3) is 7.01. The normalized spacial score (nSPS) is 10.2. The molecule has 1 N–H and O–H groups in total. The van der Waals surface area contributed by atoms with Gasteiger partial charge in [0.2, 0.25) is 0 Å². The molecule has 0 heterocycles. The molecule has 158 valence electrons. The van der Waals surface area contributed by atoms with Gasteiger partial charge in [-0.1, -0.05) is 13.3 Å². The van der Waals surface area contributed by atoms with Gasteiger partial charge in [0, 0.05) is 23.3 Å². The molecule has 0 aromatic heterocycles. The summed E-state index contributed by atoms with van der Waals surface area (Å²) in [6.45, 7) is 1.73. The minimum Gasteiger partial charge on any atom is -0.494 e. The van der Waals surface area contributed by atoms with Crippen LogP contribution in [0.1, 0.15) is 40.5 Å². The molecule has 0 unspecified atom stereocenters. The average Bonchev–Trinajstić information content (AvgIpc) is 2.76. The standard InChI is InChI=1S/C21H22N2O7/c1-2-3-12-29-18-10-6-16(7-11-18)21(26)22-13-20(25)30-14-19(24)15-4-8-17(9-5-15)23(27)28/h4-11H,2-3,12-14H2,1H3,(H,22,26). The number of benzene rings is 2. The molecule has 2 aromatic carbocycles. The third-order valence-corrected chi connectivity index (χ3v) is 4.04. The van der Waals surface area contributed by atoms with E-state index >= 15 is 0 Å². The Morgan fingerprint density at radius 3 is 2.23 bits per heavy atom. The van der Waals surface area contributed by atoms with Crippen molar-refractivity contribution in [2.75, 3.05) is 19.8 Å². The number of hydrogen-bond donors (Lipinski definition) is 1. The summed E-state index contributed by atoms with van der Waals surface area (Å²) >= 11 is 0. The van der Waals surface area contributed by atoms with Crippen molar-refractivity contribution in [1.29, 1.82) is 0 Å². The smallest absolute Gasteiger partial charge is 0.325 e. The number of ether oxygens (including phenoxy) is 2. The van der Waals surface area contributed by atoms with Crippen LogP contribution in [0.3, 0.4) is 0 Å². The first-order chi connectivity index (χ1) is 14.4. The average molecular weight is 414 g/mol. The molecule has 0 atom stereocenters. The van der Waals surface area contributed by atoms with E-state index in [1.807, 2.05) is 0 Å². The molecule has 2 rings (SSSR count). The highest BCUT2D eigenvalue weighted by molar-refractivity contribution is 5.99. The van der Waals surface area contributed by atoms with Gasteiger partial charge in [0.25, 0.3) is 11.6 Å². The molecule has 2 aromatic rings. The van der Waals surface area contributed by atoms with Gasteiger partial charge in [-0.25, -0.2) is 0 Å². The molecule has 9 heteroatoms. The van der Waals surface area contributed by atoms with E-state index in [9.17, 15) is 24.5 Å². The number of unbranched alkanes of at least 4 members (excludes halogenated alkanes) is 1. The van der Waals surface area contributed by atoms with Crippen molar-refractivity contribution in [2.45, 2.75) is 19.8 Å². The molecule has 0 spiro atoms. The fourth-order valence-corrected chi connectivity index (χ4v) is 2.34. The van der Waals surface area contributed by atoms with Crippen molar-refractivity contribution in [3.05, 3.63) is 69.8 Å². The Labute approximate surface area is 173 Å². The second-order valence-electron chi connectivity index (χ2n) is 6.30. The van der Waals surface area contributed by atoms with Gasteiger partial charge in [-0.2, -0.15) is 0 Å². The molecule has 0 bridgehead atoms. The van der Waals surface area contributed by atoms with Gasteiger partial charge < -0.3 is 14.8 Å². The lowest BCUT2D eigenvalue weighted by molar-refractivity contribution is -0.384. The molecule has 0 aliphatic carbocycles.